The van der Waals surface area contributed by atoms with E-state index < -0.39 is 0 Å². The van der Waals surface area contributed by atoms with E-state index in [9.17, 15) is 4.79 Å². The average Bonchev–Trinajstić information content (AvgIpc) is 2.45. The van der Waals surface area contributed by atoms with Crippen molar-refractivity contribution in [3.05, 3.63) is 28.5 Å². The summed E-state index contributed by atoms with van der Waals surface area (Å²) in [5.41, 5.74) is 0.556. The summed E-state index contributed by atoms with van der Waals surface area (Å²) in [5.74, 6) is -0.118. The Morgan fingerprint density at radius 3 is 2.95 bits per heavy atom. The van der Waals surface area contributed by atoms with Crippen molar-refractivity contribution < 1.29 is 9.53 Å². The summed E-state index contributed by atoms with van der Waals surface area (Å²) in [5, 5.41) is 2.85. The summed E-state index contributed by atoms with van der Waals surface area (Å²) < 4.78 is 6.33. The first-order valence-corrected chi connectivity index (χ1v) is 7.57. The van der Waals surface area contributed by atoms with Gasteiger partial charge in [-0.05, 0) is 40.9 Å². The van der Waals surface area contributed by atoms with Gasteiger partial charge >= 0.3 is 0 Å². The van der Waals surface area contributed by atoms with Crippen LogP contribution >= 0.6 is 15.9 Å². The van der Waals surface area contributed by atoms with Gasteiger partial charge in [0.05, 0.1) is 18.3 Å². The molecule has 1 aliphatic carbocycles. The van der Waals surface area contributed by atoms with Crippen molar-refractivity contribution in [2.75, 3.05) is 13.2 Å². The molecule has 1 saturated carbocycles. The summed E-state index contributed by atoms with van der Waals surface area (Å²) in [7, 11) is 0. The van der Waals surface area contributed by atoms with E-state index in [0.717, 1.165) is 12.8 Å². The Kier molecular flexibility index (Phi) is 5.79. The third kappa shape index (κ3) is 4.58. The van der Waals surface area contributed by atoms with Crippen LogP contribution in [-0.4, -0.2) is 30.1 Å². The molecule has 0 unspecified atom stereocenters. The van der Waals surface area contributed by atoms with Crippen LogP contribution in [0.4, 0.5) is 0 Å². The summed E-state index contributed by atoms with van der Waals surface area (Å²) >= 11 is 3.27. The number of ether oxygens (including phenoxy) is 1. The van der Waals surface area contributed by atoms with Gasteiger partial charge in [0.1, 0.15) is 4.60 Å². The fourth-order valence-corrected chi connectivity index (χ4v) is 2.70. The third-order valence-electron chi connectivity index (χ3n) is 3.30. The number of hydrogen-bond donors (Lipinski definition) is 1. The molecule has 1 heterocycles. The van der Waals surface area contributed by atoms with Crippen LogP contribution in [0.2, 0.25) is 0 Å². The van der Waals surface area contributed by atoms with E-state index in [4.69, 9.17) is 4.74 Å². The van der Waals surface area contributed by atoms with Crippen LogP contribution in [0.3, 0.4) is 0 Å². The molecule has 1 N–H and O–H groups in total. The Morgan fingerprint density at radius 2 is 2.21 bits per heavy atom. The Bertz CT molecular complexity index is 420. The second-order valence-corrected chi connectivity index (χ2v) is 5.48. The van der Waals surface area contributed by atoms with Gasteiger partial charge in [-0.3, -0.25) is 4.79 Å². The molecule has 0 bridgehead atoms. The first-order valence-electron chi connectivity index (χ1n) is 6.77. The summed E-state index contributed by atoms with van der Waals surface area (Å²) in [6.45, 7) is 1.12. The summed E-state index contributed by atoms with van der Waals surface area (Å²) in [4.78, 5) is 15.9. The SMILES string of the molecule is O=C(NCCOC1CCCCC1)c1cccnc1Br. The lowest BCUT2D eigenvalue weighted by molar-refractivity contribution is 0.0299. The van der Waals surface area contributed by atoms with Crippen molar-refractivity contribution in [1.82, 2.24) is 10.3 Å². The molecule has 0 aromatic carbocycles. The smallest absolute Gasteiger partial charge is 0.254 e. The largest absolute Gasteiger partial charge is 0.376 e. The van der Waals surface area contributed by atoms with Crippen LogP contribution in [-0.2, 0) is 4.74 Å². The second kappa shape index (κ2) is 7.60. The van der Waals surface area contributed by atoms with Gasteiger partial charge in [0.2, 0.25) is 0 Å². The van der Waals surface area contributed by atoms with Crippen molar-refractivity contribution >= 4 is 21.8 Å². The lowest BCUT2D eigenvalue weighted by atomic mass is 9.98. The van der Waals surface area contributed by atoms with Crippen molar-refractivity contribution in [3.63, 3.8) is 0 Å². The standard InChI is InChI=1S/C14H19BrN2O2/c15-13-12(7-4-8-16-13)14(18)17-9-10-19-11-5-2-1-3-6-11/h4,7-8,11H,1-3,5-6,9-10H2,(H,17,18). The van der Waals surface area contributed by atoms with E-state index >= 15 is 0 Å². The molecule has 5 heteroatoms. The maximum Gasteiger partial charge on any atom is 0.254 e. The molecule has 19 heavy (non-hydrogen) atoms. The zero-order chi connectivity index (χ0) is 13.5. The van der Waals surface area contributed by atoms with E-state index in [1.165, 1.54) is 19.3 Å². The highest BCUT2D eigenvalue weighted by atomic mass is 79.9. The van der Waals surface area contributed by atoms with E-state index in [0.29, 0.717) is 29.4 Å². The van der Waals surface area contributed by atoms with Crippen LogP contribution < -0.4 is 5.32 Å². The Labute approximate surface area is 122 Å². The van der Waals surface area contributed by atoms with Gasteiger partial charge in [0.15, 0.2) is 0 Å². The number of halogens is 1. The topological polar surface area (TPSA) is 51.2 Å². The minimum atomic E-state index is -0.118. The summed E-state index contributed by atoms with van der Waals surface area (Å²) in [6.07, 6.45) is 8.19. The number of rotatable bonds is 5. The molecule has 0 radical (unpaired) electrons. The molecule has 0 aliphatic heterocycles. The molecule has 2 rings (SSSR count). The van der Waals surface area contributed by atoms with Crippen molar-refractivity contribution in [2.45, 2.75) is 38.2 Å². The molecule has 104 valence electrons. The highest BCUT2D eigenvalue weighted by Crippen LogP contribution is 2.19. The zero-order valence-corrected chi connectivity index (χ0v) is 12.5. The van der Waals surface area contributed by atoms with Crippen LogP contribution in [0.5, 0.6) is 0 Å². The number of amides is 1. The predicted octanol–water partition coefficient (Wildman–Crippen LogP) is 2.92. The van der Waals surface area contributed by atoms with Crippen molar-refractivity contribution in [3.8, 4) is 0 Å². The maximum absolute atomic E-state index is 11.9. The lowest BCUT2D eigenvalue weighted by Gasteiger charge is -2.22. The normalized spacial score (nSPS) is 16.3. The monoisotopic (exact) mass is 326 g/mol. The Balaban J connectivity index is 1.68. The molecule has 0 spiro atoms. The van der Waals surface area contributed by atoms with E-state index in [2.05, 4.69) is 26.2 Å². The molecule has 1 fully saturated rings. The highest BCUT2D eigenvalue weighted by molar-refractivity contribution is 9.10. The van der Waals surface area contributed by atoms with E-state index in [1.807, 2.05) is 0 Å². The summed E-state index contributed by atoms with van der Waals surface area (Å²) in [6, 6.07) is 3.49. The Hall–Kier alpha value is -0.940. The molecule has 0 atom stereocenters. The minimum Gasteiger partial charge on any atom is -0.376 e. The number of nitrogens with zero attached hydrogens (tertiary/aromatic N) is 1. The number of carbonyl (C=O) groups excluding carboxylic acids is 1. The third-order valence-corrected chi connectivity index (χ3v) is 3.93. The lowest BCUT2D eigenvalue weighted by Crippen LogP contribution is -2.29. The van der Waals surface area contributed by atoms with Gasteiger partial charge < -0.3 is 10.1 Å². The Morgan fingerprint density at radius 1 is 1.42 bits per heavy atom. The molecule has 1 aliphatic rings. The molecule has 0 saturated heterocycles. The first kappa shape index (κ1) is 14.5. The highest BCUT2D eigenvalue weighted by Gasteiger charge is 2.14. The molecular formula is C14H19BrN2O2. The fourth-order valence-electron chi connectivity index (χ4n) is 2.27. The van der Waals surface area contributed by atoms with Crippen LogP contribution in [0.15, 0.2) is 22.9 Å². The number of hydrogen-bond acceptors (Lipinski definition) is 3. The number of aromatic nitrogens is 1. The number of carbonyl (C=O) groups is 1. The van der Waals surface area contributed by atoms with Crippen LogP contribution in [0.25, 0.3) is 0 Å². The van der Waals surface area contributed by atoms with Gasteiger partial charge in [0.25, 0.3) is 5.91 Å². The number of nitrogens with one attached hydrogen (secondary N) is 1. The average molecular weight is 327 g/mol. The molecule has 1 aromatic rings. The van der Waals surface area contributed by atoms with Gasteiger partial charge in [-0.25, -0.2) is 4.98 Å². The van der Waals surface area contributed by atoms with Gasteiger partial charge in [-0.1, -0.05) is 19.3 Å². The minimum absolute atomic E-state index is 0.118. The van der Waals surface area contributed by atoms with E-state index in [-0.39, 0.29) is 5.91 Å². The zero-order valence-electron chi connectivity index (χ0n) is 10.9. The van der Waals surface area contributed by atoms with E-state index in [1.54, 1.807) is 18.3 Å². The van der Waals surface area contributed by atoms with Crippen LogP contribution in [0, 0.1) is 0 Å². The van der Waals surface area contributed by atoms with Gasteiger partial charge in [0, 0.05) is 12.7 Å². The maximum atomic E-state index is 11.9. The van der Waals surface area contributed by atoms with Crippen LogP contribution in [0.1, 0.15) is 42.5 Å². The van der Waals surface area contributed by atoms with Gasteiger partial charge in [-0.2, -0.15) is 0 Å². The molecule has 1 amide bonds. The molecule has 1 aromatic heterocycles. The molecule has 4 nitrogen and oxygen atoms in total. The van der Waals surface area contributed by atoms with Crippen molar-refractivity contribution in [2.24, 2.45) is 0 Å². The second-order valence-electron chi connectivity index (χ2n) is 4.73. The predicted molar refractivity (Wildman–Crippen MR) is 77.1 cm³/mol. The fraction of sp³-hybridized carbons (Fsp3) is 0.571. The molecular weight excluding hydrogens is 308 g/mol. The number of pyridine rings is 1. The van der Waals surface area contributed by atoms with Gasteiger partial charge in [-0.15, -0.1) is 0 Å². The van der Waals surface area contributed by atoms with Crippen molar-refractivity contribution in [1.29, 1.82) is 0 Å². The first-order chi connectivity index (χ1) is 9.27. The quantitative estimate of drug-likeness (QED) is 0.668.